The van der Waals surface area contributed by atoms with Crippen LogP contribution in [0.3, 0.4) is 0 Å². The molecule has 2 aromatic heterocycles. The van der Waals surface area contributed by atoms with Crippen LogP contribution in [0.1, 0.15) is 62.8 Å². The molecule has 1 atom stereocenters. The highest BCUT2D eigenvalue weighted by Gasteiger charge is 2.26. The highest BCUT2D eigenvalue weighted by atomic mass is 32.2. The van der Waals surface area contributed by atoms with Crippen LogP contribution in [-0.2, 0) is 24.2 Å². The number of aromatic nitrogens is 2. The molecule has 0 spiro atoms. The molecule has 0 aromatic carbocycles. The molecule has 1 fully saturated rings. The van der Waals surface area contributed by atoms with Gasteiger partial charge >= 0.3 is 0 Å². The first-order valence-electron chi connectivity index (χ1n) is 10.6. The summed E-state index contributed by atoms with van der Waals surface area (Å²) in [5.74, 6) is 0.175. The van der Waals surface area contributed by atoms with E-state index in [1.54, 1.807) is 15.9 Å². The van der Waals surface area contributed by atoms with Crippen molar-refractivity contribution in [2.45, 2.75) is 82.2 Å². The molecule has 4 rings (SSSR count). The van der Waals surface area contributed by atoms with Gasteiger partial charge in [0.1, 0.15) is 4.83 Å². The van der Waals surface area contributed by atoms with E-state index < -0.39 is 0 Å². The lowest BCUT2D eigenvalue weighted by Gasteiger charge is -2.24. The van der Waals surface area contributed by atoms with Crippen molar-refractivity contribution in [3.63, 3.8) is 0 Å². The van der Waals surface area contributed by atoms with E-state index in [2.05, 4.69) is 0 Å². The smallest absolute Gasteiger partial charge is 0.263 e. The first-order valence-corrected chi connectivity index (χ1v) is 12.3. The normalized spacial score (nSPS) is 18.7. The highest BCUT2D eigenvalue weighted by molar-refractivity contribution is 8.00. The minimum absolute atomic E-state index is 0.0730. The second-order valence-corrected chi connectivity index (χ2v) is 10.2. The van der Waals surface area contributed by atoms with Gasteiger partial charge in [-0.15, -0.1) is 11.3 Å². The molecule has 1 aliphatic carbocycles. The van der Waals surface area contributed by atoms with Crippen LogP contribution >= 0.6 is 23.1 Å². The van der Waals surface area contributed by atoms with Crippen molar-refractivity contribution in [1.29, 1.82) is 0 Å². The Balaban J connectivity index is 1.64. The van der Waals surface area contributed by atoms with Crippen LogP contribution in [0.2, 0.25) is 0 Å². The van der Waals surface area contributed by atoms with Gasteiger partial charge in [0.25, 0.3) is 5.56 Å². The molecule has 2 aromatic rings. The largest absolute Gasteiger partial charge is 0.342 e. The number of carbonyl (C=O) groups is 1. The fourth-order valence-electron chi connectivity index (χ4n) is 4.35. The molecule has 0 unspecified atom stereocenters. The minimum atomic E-state index is -0.227. The van der Waals surface area contributed by atoms with Crippen LogP contribution in [0.4, 0.5) is 0 Å². The zero-order valence-corrected chi connectivity index (χ0v) is 18.5. The number of rotatable bonds is 4. The lowest BCUT2D eigenvalue weighted by Crippen LogP contribution is -2.37. The van der Waals surface area contributed by atoms with Gasteiger partial charge in [0, 0.05) is 24.5 Å². The lowest BCUT2D eigenvalue weighted by molar-refractivity contribution is -0.130. The summed E-state index contributed by atoms with van der Waals surface area (Å²) in [4.78, 5) is 35.3. The van der Waals surface area contributed by atoms with Gasteiger partial charge in [-0.1, -0.05) is 24.6 Å². The van der Waals surface area contributed by atoms with Crippen LogP contribution < -0.4 is 5.56 Å². The zero-order valence-electron chi connectivity index (χ0n) is 16.8. The third-order valence-corrected chi connectivity index (χ3v) is 8.17. The summed E-state index contributed by atoms with van der Waals surface area (Å²) in [7, 11) is 0. The molecule has 0 bridgehead atoms. The quantitative estimate of drug-likeness (QED) is 0.549. The molecule has 1 aliphatic heterocycles. The van der Waals surface area contributed by atoms with E-state index in [-0.39, 0.29) is 16.7 Å². The van der Waals surface area contributed by atoms with Crippen molar-refractivity contribution in [2.24, 2.45) is 0 Å². The van der Waals surface area contributed by atoms with Crippen LogP contribution in [0, 0.1) is 0 Å². The first-order chi connectivity index (χ1) is 13.6. The molecule has 2 aliphatic rings. The van der Waals surface area contributed by atoms with E-state index >= 15 is 0 Å². The summed E-state index contributed by atoms with van der Waals surface area (Å²) in [5, 5.41) is 1.29. The van der Waals surface area contributed by atoms with E-state index in [9.17, 15) is 9.59 Å². The van der Waals surface area contributed by atoms with Crippen LogP contribution in [0.5, 0.6) is 0 Å². The van der Waals surface area contributed by atoms with Crippen molar-refractivity contribution in [3.8, 4) is 0 Å². The SMILES string of the molecule is CCn1c(S[C@H](C)C(=O)N2CCCCCC2)nc2sc3c(c2c1=O)CCCC3. The van der Waals surface area contributed by atoms with Crippen LogP contribution in [0.15, 0.2) is 9.95 Å². The van der Waals surface area contributed by atoms with Crippen molar-refractivity contribution < 1.29 is 4.79 Å². The summed E-state index contributed by atoms with van der Waals surface area (Å²) in [5.41, 5.74) is 1.31. The van der Waals surface area contributed by atoms with Gasteiger partial charge in [-0.05, 0) is 57.9 Å². The Labute approximate surface area is 174 Å². The van der Waals surface area contributed by atoms with E-state index in [4.69, 9.17) is 4.98 Å². The third kappa shape index (κ3) is 3.75. The molecular formula is C21H29N3O2S2. The van der Waals surface area contributed by atoms with Crippen molar-refractivity contribution in [3.05, 3.63) is 20.8 Å². The highest BCUT2D eigenvalue weighted by Crippen LogP contribution is 2.35. The number of thiophene rings is 1. The molecule has 7 heteroatoms. The van der Waals surface area contributed by atoms with E-state index in [1.165, 1.54) is 41.5 Å². The maximum Gasteiger partial charge on any atom is 0.263 e. The number of amides is 1. The number of nitrogens with zero attached hydrogens (tertiary/aromatic N) is 3. The molecular weight excluding hydrogens is 390 g/mol. The number of hydrogen-bond donors (Lipinski definition) is 0. The van der Waals surface area contributed by atoms with Crippen LogP contribution in [0.25, 0.3) is 10.2 Å². The summed E-state index contributed by atoms with van der Waals surface area (Å²) in [6, 6.07) is 0. The average Bonchev–Trinajstić information content (AvgIpc) is 2.86. The van der Waals surface area contributed by atoms with Gasteiger partial charge in [-0.3, -0.25) is 14.2 Å². The summed E-state index contributed by atoms with van der Waals surface area (Å²) in [6.45, 7) is 6.23. The Kier molecular flexibility index (Phi) is 6.11. The standard InChI is InChI=1S/C21H29N3O2S2/c1-3-24-20(26)17-15-10-6-7-11-16(15)28-18(17)22-21(24)27-14(2)19(25)23-12-8-4-5-9-13-23/h14H,3-13H2,1-2H3/t14-/m1/s1. The zero-order chi connectivity index (χ0) is 19.7. The van der Waals surface area contributed by atoms with Crippen molar-refractivity contribution >= 4 is 39.2 Å². The molecule has 28 heavy (non-hydrogen) atoms. The fraction of sp³-hybridized carbons (Fsp3) is 0.667. The summed E-state index contributed by atoms with van der Waals surface area (Å²) in [6.07, 6.45) is 9.01. The monoisotopic (exact) mass is 419 g/mol. The summed E-state index contributed by atoms with van der Waals surface area (Å²) >= 11 is 3.13. The number of fused-ring (bicyclic) bond motifs is 3. The van der Waals surface area contributed by atoms with Gasteiger partial charge in [-0.2, -0.15) is 0 Å². The second kappa shape index (κ2) is 8.57. The number of thioether (sulfide) groups is 1. The second-order valence-electron chi connectivity index (χ2n) is 7.83. The van der Waals surface area contributed by atoms with Gasteiger partial charge in [0.05, 0.1) is 10.6 Å². The summed E-state index contributed by atoms with van der Waals surface area (Å²) < 4.78 is 1.76. The van der Waals surface area contributed by atoms with E-state index in [0.29, 0.717) is 11.7 Å². The predicted octanol–water partition coefficient (Wildman–Crippen LogP) is 4.24. The number of aryl methyl sites for hydroxylation is 2. The van der Waals surface area contributed by atoms with Gasteiger partial charge in [0.2, 0.25) is 5.91 Å². The van der Waals surface area contributed by atoms with Gasteiger partial charge < -0.3 is 4.90 Å². The molecule has 0 N–H and O–H groups in total. The van der Waals surface area contributed by atoms with Crippen LogP contribution in [-0.4, -0.2) is 38.7 Å². The predicted molar refractivity (Wildman–Crippen MR) is 117 cm³/mol. The molecule has 0 radical (unpaired) electrons. The molecule has 1 amide bonds. The first kappa shape index (κ1) is 20.0. The maximum absolute atomic E-state index is 13.2. The Hall–Kier alpha value is -1.34. The fourth-order valence-corrected chi connectivity index (χ4v) is 6.70. The van der Waals surface area contributed by atoms with Gasteiger partial charge in [0.15, 0.2) is 5.16 Å². The number of hydrogen-bond acceptors (Lipinski definition) is 5. The van der Waals surface area contributed by atoms with E-state index in [0.717, 1.165) is 55.4 Å². The Morgan fingerprint density at radius 1 is 1.14 bits per heavy atom. The van der Waals surface area contributed by atoms with E-state index in [1.807, 2.05) is 18.7 Å². The number of likely N-dealkylation sites (tertiary alicyclic amines) is 1. The molecule has 152 valence electrons. The topological polar surface area (TPSA) is 55.2 Å². The lowest BCUT2D eigenvalue weighted by atomic mass is 9.97. The third-order valence-electron chi connectivity index (χ3n) is 5.90. The average molecular weight is 420 g/mol. The van der Waals surface area contributed by atoms with Gasteiger partial charge in [-0.25, -0.2) is 4.98 Å². The minimum Gasteiger partial charge on any atom is -0.342 e. The molecule has 5 nitrogen and oxygen atoms in total. The van der Waals surface area contributed by atoms with Crippen molar-refractivity contribution in [2.75, 3.05) is 13.1 Å². The molecule has 3 heterocycles. The molecule has 0 saturated carbocycles. The molecule has 1 saturated heterocycles. The maximum atomic E-state index is 13.2. The Morgan fingerprint density at radius 3 is 2.57 bits per heavy atom. The number of carbonyl (C=O) groups excluding carboxylic acids is 1. The Bertz CT molecular complexity index is 926. The Morgan fingerprint density at radius 2 is 1.86 bits per heavy atom. The van der Waals surface area contributed by atoms with Crippen molar-refractivity contribution in [1.82, 2.24) is 14.5 Å².